The van der Waals surface area contributed by atoms with E-state index in [2.05, 4.69) is 19.6 Å². The summed E-state index contributed by atoms with van der Waals surface area (Å²) in [4.78, 5) is 0. The summed E-state index contributed by atoms with van der Waals surface area (Å²) in [5, 5.41) is 0.257. The highest BCUT2D eigenvalue weighted by Crippen LogP contribution is 2.26. The van der Waals surface area contributed by atoms with Crippen LogP contribution in [0.25, 0.3) is 0 Å². The lowest BCUT2D eigenvalue weighted by atomic mass is 10.1. The Morgan fingerprint density at radius 2 is 2.00 bits per heavy atom. The number of rotatable bonds is 2. The van der Waals surface area contributed by atoms with Gasteiger partial charge in [0.05, 0.1) is 11.4 Å². The summed E-state index contributed by atoms with van der Waals surface area (Å²) in [5.74, 6) is 0. The van der Waals surface area contributed by atoms with Crippen LogP contribution >= 0.6 is 12.6 Å². The van der Waals surface area contributed by atoms with E-state index in [1.807, 2.05) is 18.2 Å². The standard InChI is InChI=1S/C9H14N2S/c1-2-9(12)6-3-4-7(10)8(11)5-6/h3-5,9,12H,2,10-11H2,1H3. The van der Waals surface area contributed by atoms with Crippen LogP contribution in [0.4, 0.5) is 11.4 Å². The Kier molecular flexibility index (Phi) is 2.87. The molecule has 1 atom stereocenters. The van der Waals surface area contributed by atoms with Gasteiger partial charge in [-0.05, 0) is 24.1 Å². The fourth-order valence-corrected chi connectivity index (χ4v) is 1.20. The summed E-state index contributed by atoms with van der Waals surface area (Å²) >= 11 is 4.40. The first-order valence-corrected chi connectivity index (χ1v) is 4.49. The zero-order valence-corrected chi connectivity index (χ0v) is 8.01. The Morgan fingerprint density at radius 3 is 2.50 bits per heavy atom. The fourth-order valence-electron chi connectivity index (χ4n) is 1.04. The van der Waals surface area contributed by atoms with Crippen LogP contribution < -0.4 is 11.5 Å². The third-order valence-corrected chi connectivity index (χ3v) is 2.55. The highest BCUT2D eigenvalue weighted by molar-refractivity contribution is 7.80. The van der Waals surface area contributed by atoms with Crippen LogP contribution in [-0.4, -0.2) is 0 Å². The van der Waals surface area contributed by atoms with Crippen molar-refractivity contribution < 1.29 is 0 Å². The number of hydrogen-bond acceptors (Lipinski definition) is 3. The number of nitrogen functional groups attached to an aromatic ring is 2. The molecular formula is C9H14N2S. The molecule has 0 aromatic heterocycles. The van der Waals surface area contributed by atoms with Crippen molar-refractivity contribution in [3.63, 3.8) is 0 Å². The molecule has 0 heterocycles. The summed E-state index contributed by atoms with van der Waals surface area (Å²) in [7, 11) is 0. The molecule has 0 spiro atoms. The average Bonchev–Trinajstić information content (AvgIpc) is 2.08. The molecule has 0 saturated heterocycles. The fraction of sp³-hybridized carbons (Fsp3) is 0.333. The first-order valence-electron chi connectivity index (χ1n) is 3.98. The first kappa shape index (κ1) is 9.26. The van der Waals surface area contributed by atoms with Crippen molar-refractivity contribution >= 4 is 24.0 Å². The SMILES string of the molecule is CCC(S)c1ccc(N)c(N)c1. The van der Waals surface area contributed by atoms with E-state index in [0.717, 1.165) is 12.0 Å². The predicted octanol–water partition coefficient (Wildman–Crippen LogP) is 2.23. The van der Waals surface area contributed by atoms with Gasteiger partial charge in [-0.15, -0.1) is 0 Å². The highest BCUT2D eigenvalue weighted by atomic mass is 32.1. The lowest BCUT2D eigenvalue weighted by Gasteiger charge is -2.09. The van der Waals surface area contributed by atoms with Crippen molar-refractivity contribution in [1.82, 2.24) is 0 Å². The van der Waals surface area contributed by atoms with E-state index in [1.165, 1.54) is 0 Å². The molecule has 1 aromatic rings. The van der Waals surface area contributed by atoms with Gasteiger partial charge < -0.3 is 11.5 Å². The molecule has 0 amide bonds. The highest BCUT2D eigenvalue weighted by Gasteiger charge is 2.04. The summed E-state index contributed by atoms with van der Waals surface area (Å²) in [6, 6.07) is 5.67. The van der Waals surface area contributed by atoms with Crippen LogP contribution in [0.3, 0.4) is 0 Å². The number of benzene rings is 1. The molecule has 2 nitrogen and oxygen atoms in total. The summed E-state index contributed by atoms with van der Waals surface area (Å²) in [5.41, 5.74) is 13.6. The maximum Gasteiger partial charge on any atom is 0.0550 e. The van der Waals surface area contributed by atoms with Crippen LogP contribution in [0.15, 0.2) is 18.2 Å². The van der Waals surface area contributed by atoms with Gasteiger partial charge in [0.15, 0.2) is 0 Å². The van der Waals surface area contributed by atoms with Gasteiger partial charge in [0.25, 0.3) is 0 Å². The lowest BCUT2D eigenvalue weighted by Crippen LogP contribution is -1.97. The summed E-state index contributed by atoms with van der Waals surface area (Å²) in [6.45, 7) is 2.09. The Morgan fingerprint density at radius 1 is 1.33 bits per heavy atom. The lowest BCUT2D eigenvalue weighted by molar-refractivity contribution is 0.903. The minimum atomic E-state index is 0.257. The minimum absolute atomic E-state index is 0.257. The molecular weight excluding hydrogens is 168 g/mol. The molecule has 1 rings (SSSR count). The topological polar surface area (TPSA) is 52.0 Å². The van der Waals surface area contributed by atoms with Crippen LogP contribution in [0, 0.1) is 0 Å². The van der Waals surface area contributed by atoms with E-state index >= 15 is 0 Å². The van der Waals surface area contributed by atoms with E-state index in [0.29, 0.717) is 11.4 Å². The van der Waals surface area contributed by atoms with Crippen molar-refractivity contribution in [3.05, 3.63) is 23.8 Å². The number of anilines is 2. The third kappa shape index (κ3) is 1.85. The van der Waals surface area contributed by atoms with Gasteiger partial charge in [-0.25, -0.2) is 0 Å². The smallest absolute Gasteiger partial charge is 0.0550 e. The Bertz CT molecular complexity index is 273. The summed E-state index contributed by atoms with van der Waals surface area (Å²) < 4.78 is 0. The largest absolute Gasteiger partial charge is 0.397 e. The monoisotopic (exact) mass is 182 g/mol. The van der Waals surface area contributed by atoms with E-state index in [1.54, 1.807) is 0 Å². The molecule has 66 valence electrons. The molecule has 4 N–H and O–H groups in total. The quantitative estimate of drug-likeness (QED) is 0.485. The van der Waals surface area contributed by atoms with Crippen LogP contribution in [0.2, 0.25) is 0 Å². The average molecular weight is 182 g/mol. The zero-order chi connectivity index (χ0) is 9.14. The second-order valence-electron chi connectivity index (χ2n) is 2.81. The van der Waals surface area contributed by atoms with Crippen LogP contribution in [0.1, 0.15) is 24.2 Å². The van der Waals surface area contributed by atoms with Gasteiger partial charge >= 0.3 is 0 Å². The van der Waals surface area contributed by atoms with Gasteiger partial charge in [0, 0.05) is 5.25 Å². The molecule has 0 aliphatic rings. The number of nitrogens with two attached hydrogens (primary N) is 2. The molecule has 0 aliphatic carbocycles. The zero-order valence-electron chi connectivity index (χ0n) is 7.12. The van der Waals surface area contributed by atoms with E-state index < -0.39 is 0 Å². The van der Waals surface area contributed by atoms with Gasteiger partial charge in [-0.2, -0.15) is 12.6 Å². The van der Waals surface area contributed by atoms with Gasteiger partial charge in [-0.3, -0.25) is 0 Å². The summed E-state index contributed by atoms with van der Waals surface area (Å²) in [6.07, 6.45) is 0.993. The van der Waals surface area contributed by atoms with Gasteiger partial charge in [-0.1, -0.05) is 13.0 Å². The Balaban J connectivity index is 2.96. The van der Waals surface area contributed by atoms with Crippen molar-refractivity contribution in [1.29, 1.82) is 0 Å². The number of hydrogen-bond donors (Lipinski definition) is 3. The Labute approximate surface area is 78.4 Å². The first-order chi connectivity index (χ1) is 5.65. The maximum atomic E-state index is 5.65. The minimum Gasteiger partial charge on any atom is -0.397 e. The second-order valence-corrected chi connectivity index (χ2v) is 3.44. The molecule has 0 bridgehead atoms. The van der Waals surface area contributed by atoms with Crippen molar-refractivity contribution in [2.45, 2.75) is 18.6 Å². The van der Waals surface area contributed by atoms with Gasteiger partial charge in [0.1, 0.15) is 0 Å². The molecule has 0 saturated carbocycles. The normalized spacial score (nSPS) is 12.8. The second kappa shape index (κ2) is 3.72. The predicted molar refractivity (Wildman–Crippen MR) is 57.3 cm³/mol. The molecule has 1 unspecified atom stereocenters. The number of thiol groups is 1. The van der Waals surface area contributed by atoms with E-state index in [-0.39, 0.29) is 5.25 Å². The Hall–Kier alpha value is -0.830. The third-order valence-electron chi connectivity index (χ3n) is 1.88. The van der Waals surface area contributed by atoms with Crippen LogP contribution in [0.5, 0.6) is 0 Å². The van der Waals surface area contributed by atoms with Gasteiger partial charge in [0.2, 0.25) is 0 Å². The molecule has 12 heavy (non-hydrogen) atoms. The molecule has 1 aromatic carbocycles. The van der Waals surface area contributed by atoms with E-state index in [9.17, 15) is 0 Å². The van der Waals surface area contributed by atoms with E-state index in [4.69, 9.17) is 11.5 Å². The molecule has 0 fully saturated rings. The molecule has 0 radical (unpaired) electrons. The van der Waals surface area contributed by atoms with Crippen molar-refractivity contribution in [3.8, 4) is 0 Å². The molecule has 0 aliphatic heterocycles. The van der Waals surface area contributed by atoms with Crippen molar-refractivity contribution in [2.75, 3.05) is 11.5 Å². The van der Waals surface area contributed by atoms with Crippen molar-refractivity contribution in [2.24, 2.45) is 0 Å². The molecule has 3 heteroatoms. The van der Waals surface area contributed by atoms with Crippen LogP contribution in [-0.2, 0) is 0 Å². The maximum absolute atomic E-state index is 5.65.